The Kier molecular flexibility index (Phi) is 4.59. The van der Waals surface area contributed by atoms with Crippen LogP contribution in [0.2, 0.25) is 0 Å². The molecule has 5 heteroatoms. The fraction of sp³-hybridized carbons (Fsp3) is 0.769. The average Bonchev–Trinajstić information content (AvgIpc) is 2.78. The van der Waals surface area contributed by atoms with E-state index in [0.29, 0.717) is 6.61 Å². The Hall–Kier alpha value is -1.09. The van der Waals surface area contributed by atoms with Crippen molar-refractivity contribution in [2.75, 3.05) is 32.8 Å². The summed E-state index contributed by atoms with van der Waals surface area (Å²) in [6.45, 7) is 2.89. The molecule has 0 radical (unpaired) electrons. The predicted molar refractivity (Wildman–Crippen MR) is 67.0 cm³/mol. The van der Waals surface area contributed by atoms with Crippen LogP contribution in [0, 0.1) is 12.3 Å². The van der Waals surface area contributed by atoms with Crippen LogP contribution in [0.3, 0.4) is 0 Å². The van der Waals surface area contributed by atoms with E-state index in [1.165, 1.54) is 0 Å². The SMILES string of the molecule is C#CCNC(=O)COC1COC2(CCNCC2)C1. The van der Waals surface area contributed by atoms with Gasteiger partial charge < -0.3 is 20.1 Å². The second-order valence-corrected chi connectivity index (χ2v) is 4.86. The Labute approximate surface area is 108 Å². The zero-order valence-electron chi connectivity index (χ0n) is 10.5. The molecule has 2 N–H and O–H groups in total. The van der Waals surface area contributed by atoms with E-state index in [2.05, 4.69) is 16.6 Å². The molecule has 2 aliphatic heterocycles. The minimum atomic E-state index is -0.167. The first-order valence-electron chi connectivity index (χ1n) is 6.40. The summed E-state index contributed by atoms with van der Waals surface area (Å²) >= 11 is 0. The van der Waals surface area contributed by atoms with Crippen LogP contribution in [0.25, 0.3) is 0 Å². The lowest BCUT2D eigenvalue weighted by Gasteiger charge is -2.32. The molecule has 0 aromatic rings. The molecule has 100 valence electrons. The molecule has 0 aromatic carbocycles. The van der Waals surface area contributed by atoms with Crippen molar-refractivity contribution in [3.05, 3.63) is 0 Å². The Morgan fingerprint density at radius 2 is 2.33 bits per heavy atom. The molecule has 18 heavy (non-hydrogen) atoms. The first kappa shape index (κ1) is 13.3. The lowest BCUT2D eigenvalue weighted by atomic mass is 9.89. The first-order chi connectivity index (χ1) is 8.74. The third kappa shape index (κ3) is 3.45. The van der Waals surface area contributed by atoms with Crippen molar-refractivity contribution in [1.82, 2.24) is 10.6 Å². The summed E-state index contributed by atoms with van der Waals surface area (Å²) in [6.07, 6.45) is 8.02. The summed E-state index contributed by atoms with van der Waals surface area (Å²) in [7, 11) is 0. The van der Waals surface area contributed by atoms with Gasteiger partial charge in [0, 0.05) is 6.42 Å². The van der Waals surface area contributed by atoms with E-state index in [1.54, 1.807) is 0 Å². The fourth-order valence-electron chi connectivity index (χ4n) is 2.53. The minimum absolute atomic E-state index is 0.0226. The molecule has 2 aliphatic rings. The van der Waals surface area contributed by atoms with Gasteiger partial charge in [-0.2, -0.15) is 0 Å². The maximum absolute atomic E-state index is 11.3. The molecule has 2 saturated heterocycles. The van der Waals surface area contributed by atoms with Crippen molar-refractivity contribution in [2.45, 2.75) is 31.0 Å². The van der Waals surface area contributed by atoms with Gasteiger partial charge in [-0.1, -0.05) is 5.92 Å². The van der Waals surface area contributed by atoms with Crippen LogP contribution in [-0.4, -0.2) is 50.5 Å². The van der Waals surface area contributed by atoms with Crippen molar-refractivity contribution in [1.29, 1.82) is 0 Å². The summed E-state index contributed by atoms with van der Waals surface area (Å²) in [5.41, 5.74) is -0.0226. The lowest BCUT2D eigenvalue weighted by Crippen LogP contribution is -2.41. The van der Waals surface area contributed by atoms with Crippen molar-refractivity contribution in [3.8, 4) is 12.3 Å². The van der Waals surface area contributed by atoms with Crippen molar-refractivity contribution in [2.24, 2.45) is 0 Å². The quantitative estimate of drug-likeness (QED) is 0.672. The van der Waals surface area contributed by atoms with Crippen LogP contribution in [0.4, 0.5) is 0 Å². The van der Waals surface area contributed by atoms with Crippen LogP contribution in [0.1, 0.15) is 19.3 Å². The molecule has 1 atom stereocenters. The summed E-state index contributed by atoms with van der Waals surface area (Å²) in [5.74, 6) is 2.19. The molecule has 1 amide bonds. The highest BCUT2D eigenvalue weighted by molar-refractivity contribution is 5.77. The maximum atomic E-state index is 11.3. The van der Waals surface area contributed by atoms with Crippen LogP contribution in [0.5, 0.6) is 0 Å². The third-order valence-corrected chi connectivity index (χ3v) is 3.53. The summed E-state index contributed by atoms with van der Waals surface area (Å²) in [4.78, 5) is 11.3. The topological polar surface area (TPSA) is 59.6 Å². The van der Waals surface area contributed by atoms with E-state index in [4.69, 9.17) is 15.9 Å². The number of carbonyl (C=O) groups is 1. The van der Waals surface area contributed by atoms with Gasteiger partial charge in [0.1, 0.15) is 6.61 Å². The Balaban J connectivity index is 1.69. The molecule has 0 aromatic heterocycles. The standard InChI is InChI=1S/C13H20N2O3/c1-2-5-15-12(16)10-17-11-8-13(18-9-11)3-6-14-7-4-13/h1,11,14H,3-10H2,(H,15,16). The largest absolute Gasteiger partial charge is 0.372 e. The molecule has 5 nitrogen and oxygen atoms in total. The van der Waals surface area contributed by atoms with Gasteiger partial charge >= 0.3 is 0 Å². The molecule has 2 heterocycles. The van der Waals surface area contributed by atoms with Crippen LogP contribution in [0.15, 0.2) is 0 Å². The maximum Gasteiger partial charge on any atom is 0.246 e. The summed E-state index contributed by atoms with van der Waals surface area (Å²) < 4.78 is 11.4. The number of terminal acetylenes is 1. The van der Waals surface area contributed by atoms with Gasteiger partial charge in [-0.3, -0.25) is 4.79 Å². The van der Waals surface area contributed by atoms with Crippen molar-refractivity contribution < 1.29 is 14.3 Å². The molecule has 0 bridgehead atoms. The van der Waals surface area contributed by atoms with Gasteiger partial charge in [0.05, 0.1) is 24.9 Å². The highest BCUT2D eigenvalue weighted by atomic mass is 16.6. The van der Waals surface area contributed by atoms with E-state index in [-0.39, 0.29) is 30.8 Å². The van der Waals surface area contributed by atoms with E-state index in [9.17, 15) is 4.79 Å². The molecule has 0 aliphatic carbocycles. The van der Waals surface area contributed by atoms with Gasteiger partial charge in [0.15, 0.2) is 0 Å². The number of amides is 1. The average molecular weight is 252 g/mol. The summed E-state index contributed by atoms with van der Waals surface area (Å²) in [5, 5.41) is 5.90. The van der Waals surface area contributed by atoms with Crippen molar-refractivity contribution >= 4 is 5.91 Å². The number of rotatable bonds is 4. The van der Waals surface area contributed by atoms with Crippen LogP contribution in [-0.2, 0) is 14.3 Å². The lowest BCUT2D eigenvalue weighted by molar-refractivity contribution is -0.127. The Morgan fingerprint density at radius 3 is 3.06 bits per heavy atom. The number of piperidine rings is 1. The van der Waals surface area contributed by atoms with Crippen LogP contribution >= 0.6 is 0 Å². The highest BCUT2D eigenvalue weighted by Crippen LogP contribution is 2.34. The molecule has 1 spiro atoms. The second-order valence-electron chi connectivity index (χ2n) is 4.86. The van der Waals surface area contributed by atoms with E-state index in [1.807, 2.05) is 0 Å². The molecule has 2 fully saturated rings. The number of hydrogen-bond acceptors (Lipinski definition) is 4. The van der Waals surface area contributed by atoms with Gasteiger partial charge in [0.2, 0.25) is 5.91 Å². The van der Waals surface area contributed by atoms with Gasteiger partial charge in [0.25, 0.3) is 0 Å². The zero-order chi connectivity index (χ0) is 12.8. The smallest absolute Gasteiger partial charge is 0.246 e. The monoisotopic (exact) mass is 252 g/mol. The number of ether oxygens (including phenoxy) is 2. The predicted octanol–water partition coefficient (Wildman–Crippen LogP) is -0.336. The van der Waals surface area contributed by atoms with Gasteiger partial charge in [-0.15, -0.1) is 6.42 Å². The fourth-order valence-corrected chi connectivity index (χ4v) is 2.53. The second kappa shape index (κ2) is 6.19. The first-order valence-corrected chi connectivity index (χ1v) is 6.40. The Bertz CT molecular complexity index is 332. The Morgan fingerprint density at radius 1 is 1.56 bits per heavy atom. The molecule has 2 rings (SSSR count). The van der Waals surface area contributed by atoms with Crippen molar-refractivity contribution in [3.63, 3.8) is 0 Å². The van der Waals surface area contributed by atoms with E-state index < -0.39 is 0 Å². The summed E-state index contributed by atoms with van der Waals surface area (Å²) in [6, 6.07) is 0. The third-order valence-electron chi connectivity index (χ3n) is 3.53. The molecular formula is C13H20N2O3. The van der Waals surface area contributed by atoms with Gasteiger partial charge in [-0.05, 0) is 25.9 Å². The number of hydrogen-bond donors (Lipinski definition) is 2. The highest BCUT2D eigenvalue weighted by Gasteiger charge is 2.41. The van der Waals surface area contributed by atoms with E-state index in [0.717, 1.165) is 32.4 Å². The van der Waals surface area contributed by atoms with E-state index >= 15 is 0 Å². The van der Waals surface area contributed by atoms with Crippen LogP contribution < -0.4 is 10.6 Å². The zero-order valence-corrected chi connectivity index (χ0v) is 10.5. The molecule has 0 saturated carbocycles. The molecule has 1 unspecified atom stereocenters. The normalized spacial score (nSPS) is 25.8. The molecular weight excluding hydrogens is 232 g/mol. The minimum Gasteiger partial charge on any atom is -0.372 e. The number of nitrogens with one attached hydrogen (secondary N) is 2. The van der Waals surface area contributed by atoms with Gasteiger partial charge in [-0.25, -0.2) is 0 Å². The number of carbonyl (C=O) groups excluding carboxylic acids is 1.